The quantitative estimate of drug-likeness (QED) is 0.691. The highest BCUT2D eigenvalue weighted by Crippen LogP contribution is 1.98. The predicted molar refractivity (Wildman–Crippen MR) is 41.3 cm³/mol. The molecule has 0 fully saturated rings. The highest BCUT2D eigenvalue weighted by molar-refractivity contribution is 4.86. The fraction of sp³-hybridized carbons (Fsp3) is 0.714. The van der Waals surface area contributed by atoms with Crippen molar-refractivity contribution in [3.63, 3.8) is 0 Å². The second-order valence-corrected chi connectivity index (χ2v) is 2.62. The largest absolute Gasteiger partial charge is 0.340 e. The number of nitrogens with one attached hydrogen (secondary N) is 1. The monoisotopic (exact) mass is 155 g/mol. The number of likely N-dealkylation sites (N-methyl/N-ethyl adjacent to an activating group) is 1. The van der Waals surface area contributed by atoms with E-state index in [1.54, 1.807) is 6.92 Å². The molecule has 1 heterocycles. The average Bonchev–Trinajstić information content (AvgIpc) is 2.35. The van der Waals surface area contributed by atoms with E-state index in [4.69, 9.17) is 4.52 Å². The lowest BCUT2D eigenvalue weighted by Crippen LogP contribution is -2.24. The SMILES string of the molecule is CNC(C)Cc1noc(C)n1. The smallest absolute Gasteiger partial charge is 0.223 e. The van der Waals surface area contributed by atoms with Crippen LogP contribution in [0.5, 0.6) is 0 Å². The number of aromatic nitrogens is 2. The Labute approximate surface area is 66.0 Å². The Morgan fingerprint density at radius 3 is 2.82 bits per heavy atom. The minimum absolute atomic E-state index is 0.395. The van der Waals surface area contributed by atoms with E-state index in [9.17, 15) is 0 Å². The normalized spacial score (nSPS) is 13.4. The van der Waals surface area contributed by atoms with Gasteiger partial charge in [0.15, 0.2) is 5.82 Å². The molecule has 4 heteroatoms. The summed E-state index contributed by atoms with van der Waals surface area (Å²) in [5.41, 5.74) is 0. The molecule has 0 bridgehead atoms. The molecule has 0 saturated carbocycles. The summed E-state index contributed by atoms with van der Waals surface area (Å²) in [5, 5.41) is 6.88. The van der Waals surface area contributed by atoms with Gasteiger partial charge in [-0.05, 0) is 14.0 Å². The van der Waals surface area contributed by atoms with Crippen molar-refractivity contribution in [1.29, 1.82) is 0 Å². The third kappa shape index (κ3) is 2.31. The lowest BCUT2D eigenvalue weighted by molar-refractivity contribution is 0.385. The van der Waals surface area contributed by atoms with Gasteiger partial charge in [-0.25, -0.2) is 0 Å². The van der Waals surface area contributed by atoms with Crippen molar-refractivity contribution >= 4 is 0 Å². The van der Waals surface area contributed by atoms with Crippen molar-refractivity contribution in [1.82, 2.24) is 15.5 Å². The molecule has 0 radical (unpaired) electrons. The summed E-state index contributed by atoms with van der Waals surface area (Å²) in [6.07, 6.45) is 0.813. The summed E-state index contributed by atoms with van der Waals surface area (Å²) in [5.74, 6) is 1.40. The summed E-state index contributed by atoms with van der Waals surface area (Å²) in [7, 11) is 1.91. The van der Waals surface area contributed by atoms with E-state index >= 15 is 0 Å². The van der Waals surface area contributed by atoms with Gasteiger partial charge < -0.3 is 9.84 Å². The lowest BCUT2D eigenvalue weighted by atomic mass is 10.2. The standard InChI is InChI=1S/C7H13N3O/c1-5(8-3)4-7-9-6(2)11-10-7/h5,8H,4H2,1-3H3. The Bertz CT molecular complexity index is 221. The fourth-order valence-corrected chi connectivity index (χ4v) is 0.800. The van der Waals surface area contributed by atoms with Gasteiger partial charge in [0.2, 0.25) is 5.89 Å². The predicted octanol–water partition coefficient (Wildman–Crippen LogP) is 0.528. The first-order valence-corrected chi connectivity index (χ1v) is 3.69. The fourth-order valence-electron chi connectivity index (χ4n) is 0.800. The molecule has 1 aromatic heterocycles. The summed E-state index contributed by atoms with van der Waals surface area (Å²) in [6, 6.07) is 0.395. The average molecular weight is 155 g/mol. The second kappa shape index (κ2) is 3.48. The van der Waals surface area contributed by atoms with Crippen molar-refractivity contribution in [3.05, 3.63) is 11.7 Å². The van der Waals surface area contributed by atoms with Crippen molar-refractivity contribution < 1.29 is 4.52 Å². The number of hydrogen-bond acceptors (Lipinski definition) is 4. The van der Waals surface area contributed by atoms with Gasteiger partial charge in [0, 0.05) is 19.4 Å². The second-order valence-electron chi connectivity index (χ2n) is 2.62. The van der Waals surface area contributed by atoms with Crippen molar-refractivity contribution in [2.24, 2.45) is 0 Å². The van der Waals surface area contributed by atoms with Gasteiger partial charge >= 0.3 is 0 Å². The first kappa shape index (κ1) is 8.20. The number of aryl methyl sites for hydroxylation is 1. The molecular weight excluding hydrogens is 142 g/mol. The maximum Gasteiger partial charge on any atom is 0.223 e. The summed E-state index contributed by atoms with van der Waals surface area (Å²) in [6.45, 7) is 3.87. The van der Waals surface area contributed by atoms with E-state index in [2.05, 4.69) is 22.4 Å². The summed E-state index contributed by atoms with van der Waals surface area (Å²) in [4.78, 5) is 4.08. The lowest BCUT2D eigenvalue weighted by Gasteiger charge is -2.04. The van der Waals surface area contributed by atoms with Crippen LogP contribution in [-0.2, 0) is 6.42 Å². The van der Waals surface area contributed by atoms with Crippen LogP contribution in [-0.4, -0.2) is 23.2 Å². The van der Waals surface area contributed by atoms with Gasteiger partial charge in [-0.3, -0.25) is 0 Å². The molecule has 0 aliphatic heterocycles. The third-order valence-corrected chi connectivity index (χ3v) is 1.55. The van der Waals surface area contributed by atoms with Crippen LogP contribution < -0.4 is 5.32 Å². The van der Waals surface area contributed by atoms with E-state index < -0.39 is 0 Å². The van der Waals surface area contributed by atoms with Gasteiger partial charge in [-0.1, -0.05) is 5.16 Å². The molecule has 1 rings (SSSR count). The van der Waals surface area contributed by atoms with Crippen LogP contribution in [0.15, 0.2) is 4.52 Å². The Morgan fingerprint density at radius 1 is 1.64 bits per heavy atom. The molecule has 4 nitrogen and oxygen atoms in total. The molecular formula is C7H13N3O. The van der Waals surface area contributed by atoms with E-state index in [1.807, 2.05) is 7.05 Å². The van der Waals surface area contributed by atoms with Crippen LogP contribution in [0.3, 0.4) is 0 Å². The van der Waals surface area contributed by atoms with Gasteiger partial charge in [-0.2, -0.15) is 4.98 Å². The summed E-state index contributed by atoms with van der Waals surface area (Å²) < 4.78 is 4.82. The van der Waals surface area contributed by atoms with Crippen LogP contribution >= 0.6 is 0 Å². The number of nitrogens with zero attached hydrogens (tertiary/aromatic N) is 2. The van der Waals surface area contributed by atoms with Crippen molar-refractivity contribution in [3.8, 4) is 0 Å². The zero-order valence-electron chi connectivity index (χ0n) is 7.09. The van der Waals surface area contributed by atoms with Crippen molar-refractivity contribution in [2.75, 3.05) is 7.05 Å². The molecule has 0 aliphatic rings. The third-order valence-electron chi connectivity index (χ3n) is 1.55. The molecule has 62 valence electrons. The molecule has 0 aliphatic carbocycles. The molecule has 1 aromatic rings. The minimum Gasteiger partial charge on any atom is -0.340 e. The van der Waals surface area contributed by atoms with Gasteiger partial charge in [0.25, 0.3) is 0 Å². The van der Waals surface area contributed by atoms with Crippen LogP contribution in [0, 0.1) is 6.92 Å². The molecule has 0 saturated heterocycles. The molecule has 0 amide bonds. The molecule has 0 spiro atoms. The zero-order valence-corrected chi connectivity index (χ0v) is 7.09. The topological polar surface area (TPSA) is 51.0 Å². The molecule has 1 atom stereocenters. The van der Waals surface area contributed by atoms with Gasteiger partial charge in [-0.15, -0.1) is 0 Å². The highest BCUT2D eigenvalue weighted by atomic mass is 16.5. The Hall–Kier alpha value is -0.900. The number of rotatable bonds is 3. The van der Waals surface area contributed by atoms with Crippen LogP contribution in [0.25, 0.3) is 0 Å². The van der Waals surface area contributed by atoms with Crippen LogP contribution in [0.2, 0.25) is 0 Å². The van der Waals surface area contributed by atoms with Gasteiger partial charge in [0.05, 0.1) is 0 Å². The summed E-state index contributed by atoms with van der Waals surface area (Å²) >= 11 is 0. The van der Waals surface area contributed by atoms with E-state index in [-0.39, 0.29) is 0 Å². The zero-order chi connectivity index (χ0) is 8.27. The molecule has 0 aromatic carbocycles. The van der Waals surface area contributed by atoms with Crippen LogP contribution in [0.1, 0.15) is 18.6 Å². The number of hydrogen-bond donors (Lipinski definition) is 1. The Kier molecular flexibility index (Phi) is 2.59. The minimum atomic E-state index is 0.395. The van der Waals surface area contributed by atoms with Crippen LogP contribution in [0.4, 0.5) is 0 Å². The molecule has 1 N–H and O–H groups in total. The highest BCUT2D eigenvalue weighted by Gasteiger charge is 2.05. The van der Waals surface area contributed by atoms with Crippen molar-refractivity contribution in [2.45, 2.75) is 26.3 Å². The first-order valence-electron chi connectivity index (χ1n) is 3.69. The Balaban J connectivity index is 2.50. The Morgan fingerprint density at radius 2 is 2.36 bits per heavy atom. The molecule has 1 unspecified atom stereocenters. The molecule has 11 heavy (non-hydrogen) atoms. The van der Waals surface area contributed by atoms with E-state index in [0.29, 0.717) is 11.9 Å². The maximum absolute atomic E-state index is 4.82. The maximum atomic E-state index is 4.82. The first-order chi connectivity index (χ1) is 5.22. The van der Waals surface area contributed by atoms with Gasteiger partial charge in [0.1, 0.15) is 0 Å². The van der Waals surface area contributed by atoms with E-state index in [0.717, 1.165) is 12.2 Å². The van der Waals surface area contributed by atoms with E-state index in [1.165, 1.54) is 0 Å².